The maximum Gasteiger partial charge on any atom is 0.162 e. The summed E-state index contributed by atoms with van der Waals surface area (Å²) in [4.78, 5) is 11.8. The van der Waals surface area contributed by atoms with Gasteiger partial charge in [0, 0.05) is 28.2 Å². The van der Waals surface area contributed by atoms with Gasteiger partial charge in [0.05, 0.1) is 0 Å². The lowest BCUT2D eigenvalue weighted by Gasteiger charge is -2.10. The first-order valence-corrected chi connectivity index (χ1v) is 6.39. The number of Topliss-reactive ketones (excluding diaryl/α,β-unsaturated/α-hetero) is 1. The molecule has 1 aromatic carbocycles. The number of benzene rings is 1. The van der Waals surface area contributed by atoms with Crippen molar-refractivity contribution in [1.82, 2.24) is 4.57 Å². The lowest BCUT2D eigenvalue weighted by molar-refractivity contribution is 0.101. The maximum atomic E-state index is 11.8. The van der Waals surface area contributed by atoms with Gasteiger partial charge in [0.2, 0.25) is 0 Å². The van der Waals surface area contributed by atoms with Crippen LogP contribution >= 0.6 is 0 Å². The molecule has 0 saturated carbocycles. The smallest absolute Gasteiger partial charge is 0.162 e. The van der Waals surface area contributed by atoms with Crippen LogP contribution in [0.25, 0.3) is 11.8 Å². The van der Waals surface area contributed by atoms with Crippen molar-refractivity contribution in [3.63, 3.8) is 0 Å². The fourth-order valence-corrected chi connectivity index (χ4v) is 2.63. The van der Waals surface area contributed by atoms with Crippen LogP contribution < -0.4 is 0 Å². The minimum atomic E-state index is 0.0846. The average Bonchev–Trinajstić information content (AvgIpc) is 2.62. The topological polar surface area (TPSA) is 22.0 Å². The highest BCUT2D eigenvalue weighted by Crippen LogP contribution is 2.27. The highest BCUT2D eigenvalue weighted by Gasteiger charge is 2.19. The number of carbonyl (C=O) groups excluding carboxylic acids is 1. The standard InChI is InChI=1S/C17H19NO/c1-6-16-12(3)18(13(4)17(16)14(5)19)15-9-7-11(2)8-10-15/h6-10H,1H2,2-5H3. The number of nitrogens with zero attached hydrogens (tertiary/aromatic N) is 1. The summed E-state index contributed by atoms with van der Waals surface area (Å²) in [5, 5.41) is 0. The van der Waals surface area contributed by atoms with E-state index in [2.05, 4.69) is 42.3 Å². The van der Waals surface area contributed by atoms with Crippen LogP contribution in [0.15, 0.2) is 30.8 Å². The van der Waals surface area contributed by atoms with Crippen LogP contribution in [0.2, 0.25) is 0 Å². The summed E-state index contributed by atoms with van der Waals surface area (Å²) in [5.74, 6) is 0.0846. The summed E-state index contributed by atoms with van der Waals surface area (Å²) in [6.45, 7) is 11.5. The first-order valence-electron chi connectivity index (χ1n) is 6.39. The molecule has 0 fully saturated rings. The molecule has 0 N–H and O–H groups in total. The van der Waals surface area contributed by atoms with E-state index in [9.17, 15) is 4.79 Å². The minimum absolute atomic E-state index is 0.0846. The minimum Gasteiger partial charge on any atom is -0.317 e. The molecule has 0 aliphatic rings. The molecular weight excluding hydrogens is 234 g/mol. The van der Waals surface area contributed by atoms with Crippen LogP contribution in [0.5, 0.6) is 0 Å². The number of aromatic nitrogens is 1. The number of aryl methyl sites for hydroxylation is 1. The second kappa shape index (κ2) is 4.88. The Hall–Kier alpha value is -2.09. The summed E-state index contributed by atoms with van der Waals surface area (Å²) >= 11 is 0. The van der Waals surface area contributed by atoms with Gasteiger partial charge in [-0.25, -0.2) is 0 Å². The lowest BCUT2D eigenvalue weighted by atomic mass is 10.1. The van der Waals surface area contributed by atoms with E-state index in [1.165, 1.54) is 5.56 Å². The Kier molecular flexibility index (Phi) is 3.43. The largest absolute Gasteiger partial charge is 0.317 e. The van der Waals surface area contributed by atoms with Crippen molar-refractivity contribution in [2.75, 3.05) is 0 Å². The first kappa shape index (κ1) is 13.3. The van der Waals surface area contributed by atoms with Crippen LogP contribution in [-0.2, 0) is 0 Å². The SMILES string of the molecule is C=Cc1c(C(C)=O)c(C)n(-c2ccc(C)cc2)c1C. The number of rotatable bonds is 3. The van der Waals surface area contributed by atoms with Gasteiger partial charge in [-0.1, -0.05) is 30.4 Å². The van der Waals surface area contributed by atoms with Gasteiger partial charge in [0.15, 0.2) is 5.78 Å². The van der Waals surface area contributed by atoms with Crippen molar-refractivity contribution in [3.8, 4) is 5.69 Å². The molecule has 1 aromatic heterocycles. The molecule has 98 valence electrons. The molecule has 0 bridgehead atoms. The van der Waals surface area contributed by atoms with E-state index in [0.717, 1.165) is 28.2 Å². The van der Waals surface area contributed by atoms with E-state index >= 15 is 0 Å². The van der Waals surface area contributed by atoms with Crippen LogP contribution in [0.4, 0.5) is 0 Å². The normalized spacial score (nSPS) is 10.5. The zero-order chi connectivity index (χ0) is 14.2. The van der Waals surface area contributed by atoms with Gasteiger partial charge >= 0.3 is 0 Å². The van der Waals surface area contributed by atoms with Gasteiger partial charge in [-0.2, -0.15) is 0 Å². The quantitative estimate of drug-likeness (QED) is 0.749. The van der Waals surface area contributed by atoms with Crippen LogP contribution in [0.3, 0.4) is 0 Å². The molecule has 0 radical (unpaired) electrons. The molecule has 1 heterocycles. The molecule has 0 saturated heterocycles. The summed E-state index contributed by atoms with van der Waals surface area (Å²) < 4.78 is 2.12. The molecular formula is C17H19NO. The van der Waals surface area contributed by atoms with E-state index in [1.54, 1.807) is 13.0 Å². The number of ketones is 1. The van der Waals surface area contributed by atoms with Gasteiger partial charge in [-0.15, -0.1) is 0 Å². The molecule has 2 heteroatoms. The summed E-state index contributed by atoms with van der Waals surface area (Å²) in [5.41, 5.74) is 6.04. The highest BCUT2D eigenvalue weighted by molar-refractivity contribution is 5.99. The molecule has 0 amide bonds. The Balaban J connectivity index is 2.74. The molecule has 2 nitrogen and oxygen atoms in total. The van der Waals surface area contributed by atoms with Crippen molar-refractivity contribution in [2.45, 2.75) is 27.7 Å². The van der Waals surface area contributed by atoms with Gasteiger partial charge < -0.3 is 4.57 Å². The fourth-order valence-electron chi connectivity index (χ4n) is 2.63. The molecule has 0 spiro atoms. The van der Waals surface area contributed by atoms with Crippen LogP contribution in [-0.4, -0.2) is 10.4 Å². The predicted octanol–water partition coefficient (Wildman–Crippen LogP) is 4.25. The molecule has 2 rings (SSSR count). The zero-order valence-electron chi connectivity index (χ0n) is 11.9. The van der Waals surface area contributed by atoms with Crippen molar-refractivity contribution >= 4 is 11.9 Å². The number of hydrogen-bond donors (Lipinski definition) is 0. The summed E-state index contributed by atoms with van der Waals surface area (Å²) in [6.07, 6.45) is 1.77. The van der Waals surface area contributed by atoms with Gasteiger partial charge in [-0.05, 0) is 39.8 Å². The molecule has 0 aliphatic carbocycles. The number of carbonyl (C=O) groups is 1. The zero-order valence-corrected chi connectivity index (χ0v) is 11.9. The third-order valence-corrected chi connectivity index (χ3v) is 3.54. The fraction of sp³-hybridized carbons (Fsp3) is 0.235. The Labute approximate surface area is 114 Å². The predicted molar refractivity (Wildman–Crippen MR) is 80.1 cm³/mol. The van der Waals surface area contributed by atoms with Crippen molar-refractivity contribution < 1.29 is 4.79 Å². The summed E-state index contributed by atoms with van der Waals surface area (Å²) in [7, 11) is 0. The average molecular weight is 253 g/mol. The van der Waals surface area contributed by atoms with E-state index in [0.29, 0.717) is 0 Å². The summed E-state index contributed by atoms with van der Waals surface area (Å²) in [6, 6.07) is 8.31. The second-order valence-electron chi connectivity index (χ2n) is 4.89. The van der Waals surface area contributed by atoms with E-state index in [4.69, 9.17) is 0 Å². The van der Waals surface area contributed by atoms with Crippen molar-refractivity contribution in [2.24, 2.45) is 0 Å². The lowest BCUT2D eigenvalue weighted by Crippen LogP contribution is -2.01. The van der Waals surface area contributed by atoms with Crippen molar-refractivity contribution in [1.29, 1.82) is 0 Å². The van der Waals surface area contributed by atoms with E-state index in [1.807, 2.05) is 13.8 Å². The molecule has 19 heavy (non-hydrogen) atoms. The highest BCUT2D eigenvalue weighted by atomic mass is 16.1. The third kappa shape index (κ3) is 2.14. The van der Waals surface area contributed by atoms with E-state index < -0.39 is 0 Å². The Morgan fingerprint density at radius 1 is 1.11 bits per heavy atom. The number of hydrogen-bond acceptors (Lipinski definition) is 1. The third-order valence-electron chi connectivity index (χ3n) is 3.54. The van der Waals surface area contributed by atoms with Gasteiger partial charge in [0.1, 0.15) is 0 Å². The Morgan fingerprint density at radius 2 is 1.68 bits per heavy atom. The van der Waals surface area contributed by atoms with Gasteiger partial charge in [-0.3, -0.25) is 4.79 Å². The Bertz CT molecular complexity index is 645. The molecule has 0 aliphatic heterocycles. The van der Waals surface area contributed by atoms with Gasteiger partial charge in [0.25, 0.3) is 0 Å². The monoisotopic (exact) mass is 253 g/mol. The molecule has 0 unspecified atom stereocenters. The van der Waals surface area contributed by atoms with Crippen LogP contribution in [0.1, 0.15) is 39.8 Å². The molecule has 0 atom stereocenters. The Morgan fingerprint density at radius 3 is 2.11 bits per heavy atom. The van der Waals surface area contributed by atoms with Crippen molar-refractivity contribution in [3.05, 3.63) is 58.9 Å². The van der Waals surface area contributed by atoms with E-state index in [-0.39, 0.29) is 5.78 Å². The maximum absolute atomic E-state index is 11.8. The van der Waals surface area contributed by atoms with Crippen LogP contribution in [0, 0.1) is 20.8 Å². The second-order valence-corrected chi connectivity index (χ2v) is 4.89. The first-order chi connectivity index (χ1) is 8.97. The molecule has 2 aromatic rings.